The van der Waals surface area contributed by atoms with Gasteiger partial charge in [-0.15, -0.1) is 0 Å². The Hall–Kier alpha value is -7.72. The molecule has 1 saturated heterocycles. The Morgan fingerprint density at radius 2 is 1.61 bits per heavy atom. The van der Waals surface area contributed by atoms with E-state index in [4.69, 9.17) is 14.5 Å². The van der Waals surface area contributed by atoms with E-state index in [1.54, 1.807) is 57.2 Å². The van der Waals surface area contributed by atoms with Crippen LogP contribution >= 0.6 is 0 Å². The molecule has 2 aromatic heterocycles. The quantitative estimate of drug-likeness (QED) is 0.0224. The Morgan fingerprint density at radius 1 is 0.886 bits per heavy atom. The molecule has 21 nitrogen and oxygen atoms in total. The first kappa shape index (κ1) is 56.0. The highest BCUT2D eigenvalue weighted by atomic mass is 19.1. The lowest BCUT2D eigenvalue weighted by molar-refractivity contribution is -0.172. The lowest BCUT2D eigenvalue weighted by atomic mass is 9.76. The zero-order chi connectivity index (χ0) is 56.3. The number of rotatable bonds is 24. The Balaban J connectivity index is 0.772. The summed E-state index contributed by atoms with van der Waals surface area (Å²) < 4.78 is 28.4. The van der Waals surface area contributed by atoms with E-state index in [2.05, 4.69) is 26.6 Å². The van der Waals surface area contributed by atoms with Crippen LogP contribution in [0.1, 0.15) is 123 Å². The standard InChI is InChI=1S/C57H65FN8O13/c1-4-57(77)38-22-42-51-36(27-66(42)55(75)37(38)28-78-56(57)76)49-34(16-17-35-31(3)39(58)23-40(64-51)50(35)49)21-43(67)52(33-14-15-33)79-29-62-46(70)25-61-53(73)41(20-32-11-7-5-8-12-32)63-47(71)26-60-45(69)24-59-44(68)13-9-6-10-18-65-48(72)19-30(2)54(65)74/h5,7-8,11-12,22-23,30,33-34,41,52,77H,4,6,9-10,13-21,24-29H2,1-3H3,(H,59,68)(H,60,69)(H,61,73)(H,62,70)(H,63,71)/t30?,34-,41+,52-,57+/m1/s1. The molecule has 9 rings (SSSR count). The minimum atomic E-state index is -2.04. The predicted octanol–water partition coefficient (Wildman–Crippen LogP) is 2.42. The van der Waals surface area contributed by atoms with Crippen LogP contribution in [0.5, 0.6) is 0 Å². The van der Waals surface area contributed by atoms with Crippen molar-refractivity contribution in [1.82, 2.24) is 41.0 Å². The van der Waals surface area contributed by atoms with Gasteiger partial charge >= 0.3 is 5.97 Å². The van der Waals surface area contributed by atoms with Crippen LogP contribution < -0.4 is 32.1 Å². The molecular weight excluding hydrogens is 1020 g/mol. The number of likely N-dealkylation sites (tertiary alicyclic amines) is 1. The van der Waals surface area contributed by atoms with Crippen molar-refractivity contribution in [2.75, 3.05) is 32.9 Å². The highest BCUT2D eigenvalue weighted by Crippen LogP contribution is 2.48. The summed E-state index contributed by atoms with van der Waals surface area (Å²) in [6.45, 7) is 3.38. The van der Waals surface area contributed by atoms with Crippen LogP contribution in [0.4, 0.5) is 4.39 Å². The molecule has 0 spiro atoms. The number of imide groups is 1. The number of halogens is 1. The number of aromatic nitrogens is 2. The number of ketones is 1. The molecule has 5 aliphatic rings. The fourth-order valence-corrected chi connectivity index (χ4v) is 11.3. The van der Waals surface area contributed by atoms with E-state index in [0.29, 0.717) is 72.2 Å². The number of benzene rings is 2. The van der Waals surface area contributed by atoms with Gasteiger partial charge in [-0.3, -0.25) is 48.1 Å². The lowest BCUT2D eigenvalue weighted by Gasteiger charge is -2.31. The molecule has 1 unspecified atom stereocenters. The normalized spacial score (nSPS) is 19.7. The van der Waals surface area contributed by atoms with Gasteiger partial charge < -0.3 is 45.7 Å². The van der Waals surface area contributed by atoms with E-state index < -0.39 is 78.4 Å². The topological polar surface area (TPSA) is 291 Å². The number of aryl methyl sites for hydroxylation is 1. The van der Waals surface area contributed by atoms with Crippen molar-refractivity contribution in [1.29, 1.82) is 0 Å². The molecule has 22 heteroatoms. The zero-order valence-corrected chi connectivity index (χ0v) is 44.4. The van der Waals surface area contributed by atoms with Gasteiger partial charge in [0.15, 0.2) is 11.4 Å². The Morgan fingerprint density at radius 3 is 2.33 bits per heavy atom. The summed E-state index contributed by atoms with van der Waals surface area (Å²) in [6, 6.07) is 10.6. The zero-order valence-electron chi connectivity index (χ0n) is 44.4. The smallest absolute Gasteiger partial charge is 0.343 e. The molecule has 5 atom stereocenters. The SMILES string of the molecule is CC[C@@]1(O)C(=O)OCc2c1cc1n(c2=O)Cc2c-1nc1cc(F)c(C)c3c1c2[C@@H](CC(=O)[C@H](OCNC(=O)CNC(=O)[C@H](Cc1ccccc1)NC(=O)CNC(=O)CNC(=O)CCCCCN1C(=O)CC(C)C1=O)C1CC1)CC3. The van der Waals surface area contributed by atoms with Gasteiger partial charge in [-0.2, -0.15) is 0 Å². The fourth-order valence-electron chi connectivity index (χ4n) is 11.3. The van der Waals surface area contributed by atoms with E-state index in [1.807, 2.05) is 0 Å². The fraction of sp³-hybridized carbons (Fsp3) is 0.491. The second-order valence-corrected chi connectivity index (χ2v) is 21.3. The van der Waals surface area contributed by atoms with E-state index in [9.17, 15) is 53.1 Å². The Labute approximate surface area is 454 Å². The summed E-state index contributed by atoms with van der Waals surface area (Å²) in [7, 11) is 0. The number of esters is 1. The molecule has 5 heterocycles. The number of carbonyl (C=O) groups is 9. The summed E-state index contributed by atoms with van der Waals surface area (Å²) in [5.41, 5.74) is 2.39. The van der Waals surface area contributed by atoms with Crippen molar-refractivity contribution >= 4 is 64.0 Å². The summed E-state index contributed by atoms with van der Waals surface area (Å²) in [5, 5.41) is 24.8. The second-order valence-electron chi connectivity index (χ2n) is 21.3. The Bertz CT molecular complexity index is 3210. The van der Waals surface area contributed by atoms with Crippen LogP contribution in [0, 0.1) is 24.6 Å². The monoisotopic (exact) mass is 1090 g/mol. The van der Waals surface area contributed by atoms with Crippen LogP contribution in [0.3, 0.4) is 0 Å². The van der Waals surface area contributed by atoms with Crippen LogP contribution in [0.25, 0.3) is 22.3 Å². The number of cyclic esters (lactones) is 1. The largest absolute Gasteiger partial charge is 0.458 e. The third-order valence-corrected chi connectivity index (χ3v) is 15.8. The lowest BCUT2D eigenvalue weighted by Crippen LogP contribution is -2.52. The number of amides is 7. The summed E-state index contributed by atoms with van der Waals surface area (Å²) in [5.74, 6) is -5.70. The van der Waals surface area contributed by atoms with E-state index in [0.717, 1.165) is 29.4 Å². The van der Waals surface area contributed by atoms with Crippen LogP contribution in [-0.4, -0.2) is 118 Å². The van der Waals surface area contributed by atoms with Gasteiger partial charge in [-0.05, 0) is 92.0 Å². The first-order valence-electron chi connectivity index (χ1n) is 27.1. The molecule has 418 valence electrons. The molecule has 1 saturated carbocycles. The molecule has 79 heavy (non-hydrogen) atoms. The van der Waals surface area contributed by atoms with Crippen LogP contribution in [-0.2, 0) is 84.2 Å². The van der Waals surface area contributed by atoms with Gasteiger partial charge in [-0.1, -0.05) is 50.6 Å². The number of ether oxygens (including phenoxy) is 2. The van der Waals surface area contributed by atoms with Gasteiger partial charge in [-0.25, -0.2) is 14.2 Å². The molecule has 6 N–H and O–H groups in total. The predicted molar refractivity (Wildman–Crippen MR) is 281 cm³/mol. The number of pyridine rings is 2. The average molecular weight is 1090 g/mol. The number of Topliss-reactive ketones (excluding diaryl/α,β-unsaturated/α-hetero) is 1. The number of aliphatic hydroxyl groups is 1. The first-order valence-corrected chi connectivity index (χ1v) is 27.1. The highest BCUT2D eigenvalue weighted by Gasteiger charge is 2.46. The third-order valence-electron chi connectivity index (χ3n) is 15.8. The summed E-state index contributed by atoms with van der Waals surface area (Å²) in [6.07, 6.45) is 3.56. The van der Waals surface area contributed by atoms with Crippen molar-refractivity contribution in [3.8, 4) is 11.4 Å². The van der Waals surface area contributed by atoms with E-state index in [1.165, 1.54) is 15.5 Å². The maximum atomic E-state index is 15.5. The van der Waals surface area contributed by atoms with Gasteiger partial charge in [0.05, 0.1) is 48.6 Å². The van der Waals surface area contributed by atoms with Gasteiger partial charge in [0.2, 0.25) is 41.4 Å². The van der Waals surface area contributed by atoms with E-state index >= 15 is 4.39 Å². The van der Waals surface area contributed by atoms with Gasteiger partial charge in [0, 0.05) is 60.7 Å². The highest BCUT2D eigenvalue weighted by molar-refractivity contribution is 6.03. The first-order chi connectivity index (χ1) is 37.9. The summed E-state index contributed by atoms with van der Waals surface area (Å²) >= 11 is 0. The molecule has 3 aliphatic heterocycles. The van der Waals surface area contributed by atoms with Crippen molar-refractivity contribution < 1.29 is 62.1 Å². The molecule has 2 fully saturated rings. The molecule has 2 aromatic carbocycles. The summed E-state index contributed by atoms with van der Waals surface area (Å²) in [4.78, 5) is 136. The third kappa shape index (κ3) is 12.0. The van der Waals surface area contributed by atoms with E-state index in [-0.39, 0.29) is 104 Å². The maximum absolute atomic E-state index is 15.5. The number of nitrogens with zero attached hydrogens (tertiary/aromatic N) is 3. The number of nitrogens with one attached hydrogen (secondary N) is 5. The number of hydrogen-bond donors (Lipinski definition) is 6. The second kappa shape index (κ2) is 23.7. The maximum Gasteiger partial charge on any atom is 0.343 e. The Kier molecular flexibility index (Phi) is 16.8. The molecule has 0 bridgehead atoms. The minimum Gasteiger partial charge on any atom is -0.458 e. The van der Waals surface area contributed by atoms with Crippen molar-refractivity contribution in [3.63, 3.8) is 0 Å². The van der Waals surface area contributed by atoms with Crippen molar-refractivity contribution in [2.24, 2.45) is 11.8 Å². The molecule has 0 radical (unpaired) electrons. The van der Waals surface area contributed by atoms with Gasteiger partial charge in [0.25, 0.3) is 5.56 Å². The number of fused-ring (bicyclic) bond motifs is 5. The van der Waals surface area contributed by atoms with Crippen LogP contribution in [0.15, 0.2) is 47.3 Å². The molecule has 2 aliphatic carbocycles. The number of unbranched alkanes of at least 4 members (excludes halogenated alkanes) is 2. The number of carbonyl (C=O) groups excluding carboxylic acids is 9. The molecular formula is C57H65FN8O13. The molecule has 7 amide bonds. The molecule has 4 aromatic rings. The van der Waals surface area contributed by atoms with Crippen molar-refractivity contribution in [2.45, 2.75) is 135 Å². The number of hydrogen-bond acceptors (Lipinski definition) is 14. The minimum absolute atomic E-state index is 0.0376. The van der Waals surface area contributed by atoms with Crippen LogP contribution in [0.2, 0.25) is 0 Å². The average Bonchev–Trinajstić information content (AvgIpc) is 3.99. The van der Waals surface area contributed by atoms with Gasteiger partial charge in [0.1, 0.15) is 31.3 Å². The van der Waals surface area contributed by atoms with Crippen molar-refractivity contribution in [3.05, 3.63) is 97.6 Å².